The van der Waals surface area contributed by atoms with Crippen molar-refractivity contribution in [3.8, 4) is 0 Å². The molecule has 0 bridgehead atoms. The lowest BCUT2D eigenvalue weighted by Crippen LogP contribution is -2.28. The fourth-order valence-electron chi connectivity index (χ4n) is 5.10. The van der Waals surface area contributed by atoms with Crippen LogP contribution in [0.4, 0.5) is 0 Å². The number of rotatable bonds is 17. The smallest absolute Gasteiger partial charge is 0.0202 e. The van der Waals surface area contributed by atoms with Gasteiger partial charge in [0.25, 0.3) is 0 Å². The molecule has 0 radical (unpaired) electrons. The van der Waals surface area contributed by atoms with Crippen molar-refractivity contribution in [2.45, 2.75) is 116 Å². The maximum atomic E-state index is 2.38. The molecule has 0 aliphatic heterocycles. The summed E-state index contributed by atoms with van der Waals surface area (Å²) in [5.74, 6) is 0.838. The zero-order valence-corrected chi connectivity index (χ0v) is 20.8. The van der Waals surface area contributed by atoms with Crippen LogP contribution in [-0.4, -0.2) is 0 Å². The van der Waals surface area contributed by atoms with Gasteiger partial charge in [-0.15, -0.1) is 0 Å². The van der Waals surface area contributed by atoms with E-state index in [9.17, 15) is 0 Å². The molecular formula is C31H48. The molecule has 0 aromatic heterocycles. The molecule has 0 unspecified atom stereocenters. The van der Waals surface area contributed by atoms with Crippen molar-refractivity contribution in [2.24, 2.45) is 5.92 Å². The number of hydrogen-bond acceptors (Lipinski definition) is 0. The topological polar surface area (TPSA) is 0 Å². The third-order valence-electron chi connectivity index (χ3n) is 6.99. The molecule has 0 saturated heterocycles. The Bertz CT molecular complexity index is 615. The van der Waals surface area contributed by atoms with Crippen LogP contribution in [0.1, 0.15) is 122 Å². The first-order valence-electron chi connectivity index (χ1n) is 13.3. The van der Waals surface area contributed by atoms with Crippen LogP contribution in [0, 0.1) is 5.92 Å². The van der Waals surface area contributed by atoms with E-state index in [1.54, 1.807) is 0 Å². The Balaban J connectivity index is 2.07. The van der Waals surface area contributed by atoms with E-state index in [-0.39, 0.29) is 5.41 Å². The Morgan fingerprint density at radius 2 is 0.968 bits per heavy atom. The minimum absolute atomic E-state index is 0.171. The summed E-state index contributed by atoms with van der Waals surface area (Å²) in [7, 11) is 0. The predicted octanol–water partition coefficient (Wildman–Crippen LogP) is 10.1. The Morgan fingerprint density at radius 1 is 0.548 bits per heavy atom. The second-order valence-corrected chi connectivity index (χ2v) is 10.0. The van der Waals surface area contributed by atoms with Gasteiger partial charge < -0.3 is 0 Å². The lowest BCUT2D eigenvalue weighted by atomic mass is 9.68. The molecule has 0 fully saturated rings. The number of benzene rings is 2. The molecule has 0 spiro atoms. The van der Waals surface area contributed by atoms with Crippen molar-refractivity contribution in [1.82, 2.24) is 0 Å². The fraction of sp³-hybridized carbons (Fsp3) is 0.613. The highest BCUT2D eigenvalue weighted by Gasteiger charge is 2.32. The van der Waals surface area contributed by atoms with Crippen LogP contribution in [0.15, 0.2) is 60.7 Å². The van der Waals surface area contributed by atoms with Crippen LogP contribution in [-0.2, 0) is 5.41 Å². The van der Waals surface area contributed by atoms with Gasteiger partial charge in [0.1, 0.15) is 0 Å². The van der Waals surface area contributed by atoms with E-state index in [4.69, 9.17) is 0 Å². The summed E-state index contributed by atoms with van der Waals surface area (Å²) in [6.45, 7) is 6.99. The number of hydrogen-bond donors (Lipinski definition) is 0. The van der Waals surface area contributed by atoms with Crippen molar-refractivity contribution >= 4 is 0 Å². The molecule has 0 aliphatic rings. The molecular weight excluding hydrogens is 372 g/mol. The van der Waals surface area contributed by atoms with E-state index in [1.165, 1.54) is 101 Å². The molecule has 31 heavy (non-hydrogen) atoms. The standard InChI is InChI=1S/C31H48/c1-4-5-6-7-8-10-19-26-31(29-22-15-12-16-23-29,30-24-17-13-18-25-30)27-20-11-9-14-21-28(2)3/h12-13,15-18,22-25,28H,4-11,14,19-21,26-27H2,1-3H3. The lowest BCUT2D eigenvalue weighted by Gasteiger charge is -2.36. The van der Waals surface area contributed by atoms with E-state index in [0.29, 0.717) is 0 Å². The first kappa shape index (κ1) is 25.7. The molecule has 0 nitrogen and oxygen atoms in total. The Labute approximate surface area is 193 Å². The zero-order chi connectivity index (χ0) is 22.2. The molecule has 0 saturated carbocycles. The van der Waals surface area contributed by atoms with Gasteiger partial charge in [0.05, 0.1) is 0 Å². The fourth-order valence-corrected chi connectivity index (χ4v) is 5.10. The van der Waals surface area contributed by atoms with E-state index >= 15 is 0 Å². The second kappa shape index (κ2) is 15.3. The van der Waals surface area contributed by atoms with Gasteiger partial charge in [-0.2, -0.15) is 0 Å². The van der Waals surface area contributed by atoms with Crippen LogP contribution in [0.25, 0.3) is 0 Å². The predicted molar refractivity (Wildman–Crippen MR) is 139 cm³/mol. The van der Waals surface area contributed by atoms with E-state index < -0.39 is 0 Å². The molecule has 2 rings (SSSR count). The molecule has 0 heterocycles. The maximum absolute atomic E-state index is 2.38. The minimum atomic E-state index is 0.171. The van der Waals surface area contributed by atoms with Gasteiger partial charge in [-0.25, -0.2) is 0 Å². The van der Waals surface area contributed by atoms with Gasteiger partial charge in [-0.3, -0.25) is 0 Å². The largest absolute Gasteiger partial charge is 0.0654 e. The van der Waals surface area contributed by atoms with Gasteiger partial charge in [-0.1, -0.05) is 158 Å². The summed E-state index contributed by atoms with van der Waals surface area (Å²) in [5.41, 5.74) is 3.22. The van der Waals surface area contributed by atoms with Gasteiger partial charge in [-0.05, 0) is 29.9 Å². The van der Waals surface area contributed by atoms with Gasteiger partial charge >= 0.3 is 0 Å². The van der Waals surface area contributed by atoms with E-state index in [0.717, 1.165) is 5.92 Å². The average Bonchev–Trinajstić information content (AvgIpc) is 2.80. The summed E-state index contributed by atoms with van der Waals surface area (Å²) < 4.78 is 0. The molecule has 172 valence electrons. The summed E-state index contributed by atoms with van der Waals surface area (Å²) in [4.78, 5) is 0. The number of unbranched alkanes of at least 4 members (excludes halogenated alkanes) is 9. The Hall–Kier alpha value is -1.56. The van der Waals surface area contributed by atoms with Crippen LogP contribution in [0.2, 0.25) is 0 Å². The SMILES string of the molecule is CCCCCCCCCC(CCCCCCC(C)C)(c1ccccc1)c1ccccc1. The summed E-state index contributed by atoms with van der Waals surface area (Å²) >= 11 is 0. The summed E-state index contributed by atoms with van der Waals surface area (Å²) in [6.07, 6.45) is 19.1. The molecule has 2 aromatic carbocycles. The van der Waals surface area contributed by atoms with Gasteiger partial charge in [0, 0.05) is 5.41 Å². The van der Waals surface area contributed by atoms with Crippen molar-refractivity contribution in [1.29, 1.82) is 0 Å². The average molecular weight is 421 g/mol. The van der Waals surface area contributed by atoms with Crippen molar-refractivity contribution in [3.05, 3.63) is 71.8 Å². The molecule has 2 aromatic rings. The quantitative estimate of drug-likeness (QED) is 0.223. The van der Waals surface area contributed by atoms with E-state index in [1.807, 2.05) is 0 Å². The monoisotopic (exact) mass is 420 g/mol. The van der Waals surface area contributed by atoms with Crippen LogP contribution in [0.5, 0.6) is 0 Å². The molecule has 0 aliphatic carbocycles. The minimum Gasteiger partial charge on any atom is -0.0654 e. The third-order valence-corrected chi connectivity index (χ3v) is 6.99. The van der Waals surface area contributed by atoms with Crippen LogP contribution in [0.3, 0.4) is 0 Å². The highest BCUT2D eigenvalue weighted by molar-refractivity contribution is 5.39. The molecule has 0 amide bonds. The first-order valence-corrected chi connectivity index (χ1v) is 13.3. The third kappa shape index (κ3) is 9.22. The second-order valence-electron chi connectivity index (χ2n) is 10.0. The lowest BCUT2D eigenvalue weighted by molar-refractivity contribution is 0.388. The summed E-state index contributed by atoms with van der Waals surface area (Å²) in [5, 5.41) is 0. The van der Waals surface area contributed by atoms with Crippen LogP contribution < -0.4 is 0 Å². The van der Waals surface area contributed by atoms with Gasteiger partial charge in [0.15, 0.2) is 0 Å². The molecule has 0 heteroatoms. The van der Waals surface area contributed by atoms with Crippen molar-refractivity contribution in [3.63, 3.8) is 0 Å². The first-order chi connectivity index (χ1) is 15.2. The zero-order valence-electron chi connectivity index (χ0n) is 20.8. The van der Waals surface area contributed by atoms with Gasteiger partial charge in [0.2, 0.25) is 0 Å². The van der Waals surface area contributed by atoms with Crippen molar-refractivity contribution in [2.75, 3.05) is 0 Å². The summed E-state index contributed by atoms with van der Waals surface area (Å²) in [6, 6.07) is 22.8. The molecule has 0 atom stereocenters. The normalized spacial score (nSPS) is 11.9. The van der Waals surface area contributed by atoms with E-state index in [2.05, 4.69) is 81.4 Å². The Kier molecular flexibility index (Phi) is 12.7. The van der Waals surface area contributed by atoms with Crippen LogP contribution >= 0.6 is 0 Å². The maximum Gasteiger partial charge on any atom is 0.0202 e. The Morgan fingerprint density at radius 3 is 1.42 bits per heavy atom. The highest BCUT2D eigenvalue weighted by Crippen LogP contribution is 2.42. The molecule has 0 N–H and O–H groups in total. The highest BCUT2D eigenvalue weighted by atomic mass is 14.4. The van der Waals surface area contributed by atoms with Crippen molar-refractivity contribution < 1.29 is 0 Å².